The lowest BCUT2D eigenvalue weighted by Crippen LogP contribution is -2.06. The van der Waals surface area contributed by atoms with Crippen LogP contribution in [-0.4, -0.2) is 20.3 Å². The number of benzene rings is 1. The minimum Gasteiger partial charge on any atom is -0.369 e. The van der Waals surface area contributed by atoms with Crippen LogP contribution >= 0.6 is 0 Å². The van der Waals surface area contributed by atoms with Crippen LogP contribution in [0.2, 0.25) is 0 Å². The summed E-state index contributed by atoms with van der Waals surface area (Å²) in [6.07, 6.45) is 0. The molecule has 0 unspecified atom stereocenters. The lowest BCUT2D eigenvalue weighted by atomic mass is 10.4. The highest BCUT2D eigenvalue weighted by atomic mass is 32.2. The predicted molar refractivity (Wildman–Crippen MR) is 41.8 cm³/mol. The Labute approximate surface area is 70.5 Å². The van der Waals surface area contributed by atoms with E-state index in [1.807, 2.05) is 0 Å². The zero-order chi connectivity index (χ0) is 9.03. The molecule has 0 spiro atoms. The van der Waals surface area contributed by atoms with Crippen LogP contribution in [0.1, 0.15) is 0 Å². The van der Waals surface area contributed by atoms with Gasteiger partial charge in [0.15, 0.2) is 6.79 Å². The van der Waals surface area contributed by atoms with Crippen LogP contribution in [-0.2, 0) is 14.3 Å². The zero-order valence-corrected chi connectivity index (χ0v) is 6.99. The molecular formula is C7H8O4S. The largest absolute Gasteiger partial charge is 0.369 e. The van der Waals surface area contributed by atoms with Crippen LogP contribution in [0.25, 0.3) is 0 Å². The highest BCUT2D eigenvalue weighted by Crippen LogP contribution is 2.09. The molecule has 0 aliphatic heterocycles. The summed E-state index contributed by atoms with van der Waals surface area (Å²) in [5.41, 5.74) is 0. The molecule has 1 aromatic rings. The summed E-state index contributed by atoms with van der Waals surface area (Å²) in [5.74, 6) is 0. The predicted octanol–water partition coefficient (Wildman–Crippen LogP) is 0.342. The molecule has 0 saturated heterocycles. The van der Waals surface area contributed by atoms with Gasteiger partial charge in [-0.15, -0.1) is 0 Å². The SMILES string of the molecule is O=S(=O)(OCO)c1ccccc1. The van der Waals surface area contributed by atoms with Crippen LogP contribution < -0.4 is 0 Å². The molecule has 0 radical (unpaired) electrons. The molecule has 0 bridgehead atoms. The molecular weight excluding hydrogens is 180 g/mol. The second-order valence-electron chi connectivity index (χ2n) is 2.01. The van der Waals surface area contributed by atoms with Crippen molar-refractivity contribution in [3.63, 3.8) is 0 Å². The Bertz CT molecular complexity index is 330. The minimum absolute atomic E-state index is 0.0408. The molecule has 1 aromatic carbocycles. The summed E-state index contributed by atoms with van der Waals surface area (Å²) in [7, 11) is -3.76. The van der Waals surface area contributed by atoms with Crippen molar-refractivity contribution in [1.29, 1.82) is 0 Å². The Kier molecular flexibility index (Phi) is 2.80. The molecule has 0 aliphatic rings. The van der Waals surface area contributed by atoms with E-state index in [1.165, 1.54) is 12.1 Å². The Balaban J connectivity index is 2.99. The maximum absolute atomic E-state index is 11.0. The second-order valence-corrected chi connectivity index (χ2v) is 3.63. The fourth-order valence-electron chi connectivity index (χ4n) is 0.725. The summed E-state index contributed by atoms with van der Waals surface area (Å²) < 4.78 is 26.2. The highest BCUT2D eigenvalue weighted by Gasteiger charge is 2.12. The van der Waals surface area contributed by atoms with Crippen molar-refractivity contribution < 1.29 is 17.7 Å². The van der Waals surface area contributed by atoms with Gasteiger partial charge in [0.05, 0.1) is 4.90 Å². The number of aliphatic hydroxyl groups excluding tert-OH is 1. The lowest BCUT2D eigenvalue weighted by Gasteiger charge is -2.00. The first-order valence-corrected chi connectivity index (χ1v) is 4.63. The van der Waals surface area contributed by atoms with Gasteiger partial charge in [-0.2, -0.15) is 8.42 Å². The van der Waals surface area contributed by atoms with Gasteiger partial charge in [0.25, 0.3) is 10.1 Å². The third-order valence-corrected chi connectivity index (χ3v) is 2.50. The maximum Gasteiger partial charge on any atom is 0.299 e. The van der Waals surface area contributed by atoms with Crippen molar-refractivity contribution in [1.82, 2.24) is 0 Å². The summed E-state index contributed by atoms with van der Waals surface area (Å²) in [4.78, 5) is 0.0408. The maximum atomic E-state index is 11.0. The van der Waals surface area contributed by atoms with Gasteiger partial charge in [0, 0.05) is 0 Å². The minimum atomic E-state index is -3.76. The molecule has 0 aromatic heterocycles. The molecule has 0 fully saturated rings. The Morgan fingerprint density at radius 2 is 1.83 bits per heavy atom. The van der Waals surface area contributed by atoms with E-state index in [2.05, 4.69) is 4.18 Å². The Morgan fingerprint density at radius 3 is 2.33 bits per heavy atom. The van der Waals surface area contributed by atoms with E-state index < -0.39 is 16.9 Å². The smallest absolute Gasteiger partial charge is 0.299 e. The van der Waals surface area contributed by atoms with Crippen molar-refractivity contribution in [2.24, 2.45) is 0 Å². The van der Waals surface area contributed by atoms with Crippen LogP contribution in [0.15, 0.2) is 35.2 Å². The van der Waals surface area contributed by atoms with Gasteiger partial charge in [-0.05, 0) is 12.1 Å². The van der Waals surface area contributed by atoms with E-state index in [-0.39, 0.29) is 4.90 Å². The van der Waals surface area contributed by atoms with E-state index in [4.69, 9.17) is 5.11 Å². The van der Waals surface area contributed by atoms with Crippen molar-refractivity contribution >= 4 is 10.1 Å². The first-order chi connectivity index (χ1) is 5.67. The molecule has 0 heterocycles. The summed E-state index contributed by atoms with van der Waals surface area (Å²) in [6.45, 7) is -0.836. The van der Waals surface area contributed by atoms with Crippen LogP contribution in [0, 0.1) is 0 Å². The van der Waals surface area contributed by atoms with Crippen LogP contribution in [0.3, 0.4) is 0 Å². The first kappa shape index (κ1) is 9.18. The zero-order valence-electron chi connectivity index (χ0n) is 6.17. The quantitative estimate of drug-likeness (QED) is 0.549. The summed E-state index contributed by atoms with van der Waals surface area (Å²) in [5, 5.41) is 8.26. The van der Waals surface area contributed by atoms with Gasteiger partial charge in [-0.25, -0.2) is 4.18 Å². The molecule has 66 valence electrons. The third kappa shape index (κ3) is 2.04. The van der Waals surface area contributed by atoms with Gasteiger partial charge in [-0.1, -0.05) is 18.2 Å². The van der Waals surface area contributed by atoms with E-state index in [9.17, 15) is 8.42 Å². The average Bonchev–Trinajstić information content (AvgIpc) is 2.06. The fourth-order valence-corrected chi connectivity index (χ4v) is 1.49. The lowest BCUT2D eigenvalue weighted by molar-refractivity contribution is 0.105. The number of hydrogen-bond acceptors (Lipinski definition) is 4. The van der Waals surface area contributed by atoms with Crippen molar-refractivity contribution in [3.8, 4) is 0 Å². The summed E-state index contributed by atoms with van der Waals surface area (Å²) >= 11 is 0. The van der Waals surface area contributed by atoms with E-state index in [1.54, 1.807) is 18.2 Å². The van der Waals surface area contributed by atoms with Gasteiger partial charge in [-0.3, -0.25) is 0 Å². The molecule has 5 heteroatoms. The van der Waals surface area contributed by atoms with Gasteiger partial charge >= 0.3 is 0 Å². The molecule has 0 aliphatic carbocycles. The van der Waals surface area contributed by atoms with E-state index in [0.717, 1.165) is 0 Å². The van der Waals surface area contributed by atoms with E-state index >= 15 is 0 Å². The molecule has 12 heavy (non-hydrogen) atoms. The molecule has 0 amide bonds. The second kappa shape index (κ2) is 3.66. The number of rotatable bonds is 3. The van der Waals surface area contributed by atoms with Crippen molar-refractivity contribution in [2.75, 3.05) is 6.79 Å². The summed E-state index contributed by atoms with van der Waals surface area (Å²) in [6, 6.07) is 7.63. The van der Waals surface area contributed by atoms with Gasteiger partial charge in [0.1, 0.15) is 0 Å². The molecule has 1 rings (SSSR count). The van der Waals surface area contributed by atoms with E-state index in [0.29, 0.717) is 0 Å². The first-order valence-electron chi connectivity index (χ1n) is 3.22. The third-order valence-electron chi connectivity index (χ3n) is 1.24. The Hall–Kier alpha value is -0.910. The fraction of sp³-hybridized carbons (Fsp3) is 0.143. The molecule has 1 N–H and O–H groups in total. The monoisotopic (exact) mass is 188 g/mol. The van der Waals surface area contributed by atoms with Crippen LogP contribution in [0.5, 0.6) is 0 Å². The van der Waals surface area contributed by atoms with Gasteiger partial charge < -0.3 is 5.11 Å². The topological polar surface area (TPSA) is 63.6 Å². The van der Waals surface area contributed by atoms with Crippen LogP contribution in [0.4, 0.5) is 0 Å². The Morgan fingerprint density at radius 1 is 1.25 bits per heavy atom. The number of hydrogen-bond donors (Lipinski definition) is 1. The standard InChI is InChI=1S/C7H8O4S/c8-6-11-12(9,10)7-4-2-1-3-5-7/h1-5,8H,6H2. The molecule has 0 atom stereocenters. The molecule has 0 saturated carbocycles. The molecule has 4 nitrogen and oxygen atoms in total. The normalized spacial score (nSPS) is 11.4. The number of aliphatic hydroxyl groups is 1. The van der Waals surface area contributed by atoms with Gasteiger partial charge in [0.2, 0.25) is 0 Å². The van der Waals surface area contributed by atoms with Crippen molar-refractivity contribution in [3.05, 3.63) is 30.3 Å². The average molecular weight is 188 g/mol. The highest BCUT2D eigenvalue weighted by molar-refractivity contribution is 7.86. The van der Waals surface area contributed by atoms with Crippen molar-refractivity contribution in [2.45, 2.75) is 4.90 Å².